The Labute approximate surface area is 96.0 Å². The van der Waals surface area contributed by atoms with E-state index in [0.717, 1.165) is 10.0 Å². The van der Waals surface area contributed by atoms with E-state index in [1.165, 1.54) is 6.26 Å². The lowest BCUT2D eigenvalue weighted by Crippen LogP contribution is -2.00. The predicted octanol–water partition coefficient (Wildman–Crippen LogP) is 3.58. The van der Waals surface area contributed by atoms with Gasteiger partial charge < -0.3 is 4.42 Å². The van der Waals surface area contributed by atoms with Crippen molar-refractivity contribution in [2.45, 2.75) is 6.92 Å². The van der Waals surface area contributed by atoms with Crippen LogP contribution in [0, 0.1) is 6.92 Å². The van der Waals surface area contributed by atoms with E-state index in [1.807, 2.05) is 19.1 Å². The molecule has 0 fully saturated rings. The molecule has 2 nitrogen and oxygen atoms in total. The van der Waals surface area contributed by atoms with Crippen LogP contribution < -0.4 is 0 Å². The van der Waals surface area contributed by atoms with Crippen molar-refractivity contribution in [2.24, 2.45) is 0 Å². The monoisotopic (exact) mass is 264 g/mol. The number of furan rings is 1. The molecule has 0 atom stereocenters. The van der Waals surface area contributed by atoms with Crippen molar-refractivity contribution in [3.8, 4) is 0 Å². The highest BCUT2D eigenvalue weighted by molar-refractivity contribution is 9.10. The lowest BCUT2D eigenvalue weighted by atomic mass is 10.0. The molecule has 1 aromatic carbocycles. The number of ketones is 1. The van der Waals surface area contributed by atoms with Gasteiger partial charge in [0, 0.05) is 10.0 Å². The third kappa shape index (κ3) is 2.02. The Hall–Kier alpha value is -1.35. The molecule has 3 heteroatoms. The van der Waals surface area contributed by atoms with Gasteiger partial charge in [-0.2, -0.15) is 0 Å². The quantitative estimate of drug-likeness (QED) is 0.777. The number of halogens is 1. The first-order chi connectivity index (χ1) is 7.18. The minimum Gasteiger partial charge on any atom is -0.472 e. The maximum Gasteiger partial charge on any atom is 0.196 e. The third-order valence-corrected chi connectivity index (χ3v) is 2.68. The molecular weight excluding hydrogens is 256 g/mol. The molecule has 2 aromatic rings. The van der Waals surface area contributed by atoms with Crippen LogP contribution in [0.25, 0.3) is 0 Å². The van der Waals surface area contributed by atoms with Crippen LogP contribution >= 0.6 is 15.9 Å². The summed E-state index contributed by atoms with van der Waals surface area (Å²) in [5.74, 6) is -0.0115. The average molecular weight is 265 g/mol. The summed E-state index contributed by atoms with van der Waals surface area (Å²) in [6.45, 7) is 1.86. The van der Waals surface area contributed by atoms with Crippen LogP contribution in [-0.2, 0) is 0 Å². The van der Waals surface area contributed by atoms with Crippen molar-refractivity contribution in [1.82, 2.24) is 0 Å². The van der Waals surface area contributed by atoms with Crippen LogP contribution in [0.3, 0.4) is 0 Å². The maximum atomic E-state index is 12.0. The molecule has 0 aliphatic rings. The zero-order chi connectivity index (χ0) is 10.8. The third-order valence-electron chi connectivity index (χ3n) is 2.19. The van der Waals surface area contributed by atoms with Gasteiger partial charge in [-0.05, 0) is 24.6 Å². The minimum absolute atomic E-state index is 0.0115. The van der Waals surface area contributed by atoms with E-state index in [1.54, 1.807) is 18.4 Å². The van der Waals surface area contributed by atoms with Crippen LogP contribution in [0.1, 0.15) is 21.5 Å². The van der Waals surface area contributed by atoms with Crippen molar-refractivity contribution in [1.29, 1.82) is 0 Å². The van der Waals surface area contributed by atoms with Gasteiger partial charge in [-0.3, -0.25) is 4.79 Å². The number of aryl methyl sites for hydroxylation is 1. The summed E-state index contributed by atoms with van der Waals surface area (Å²) >= 11 is 3.34. The zero-order valence-corrected chi connectivity index (χ0v) is 9.74. The summed E-state index contributed by atoms with van der Waals surface area (Å²) in [7, 11) is 0. The van der Waals surface area contributed by atoms with E-state index >= 15 is 0 Å². The van der Waals surface area contributed by atoms with E-state index in [4.69, 9.17) is 4.42 Å². The van der Waals surface area contributed by atoms with Crippen LogP contribution in [0.2, 0.25) is 0 Å². The molecule has 1 heterocycles. The van der Waals surface area contributed by atoms with Crippen LogP contribution in [-0.4, -0.2) is 5.78 Å². The van der Waals surface area contributed by atoms with Gasteiger partial charge in [-0.25, -0.2) is 0 Å². The molecule has 0 saturated heterocycles. The van der Waals surface area contributed by atoms with Crippen LogP contribution in [0.4, 0.5) is 0 Å². The molecule has 0 aliphatic heterocycles. The fourth-order valence-corrected chi connectivity index (χ4v) is 1.78. The van der Waals surface area contributed by atoms with Crippen LogP contribution in [0.15, 0.2) is 45.7 Å². The summed E-state index contributed by atoms with van der Waals surface area (Å²) in [5, 5.41) is 0. The second kappa shape index (κ2) is 4.03. The summed E-state index contributed by atoms with van der Waals surface area (Å²) in [4.78, 5) is 12.0. The van der Waals surface area contributed by atoms with Crippen LogP contribution in [0.5, 0.6) is 0 Å². The van der Waals surface area contributed by atoms with Crippen molar-refractivity contribution >= 4 is 21.7 Å². The number of carbonyl (C=O) groups is 1. The number of benzene rings is 1. The Kier molecular flexibility index (Phi) is 2.73. The van der Waals surface area contributed by atoms with Crippen molar-refractivity contribution < 1.29 is 9.21 Å². The van der Waals surface area contributed by atoms with E-state index in [-0.39, 0.29) is 5.78 Å². The average Bonchev–Trinajstić information content (AvgIpc) is 2.63. The summed E-state index contributed by atoms with van der Waals surface area (Å²) in [6, 6.07) is 7.32. The number of hydrogen-bond donors (Lipinski definition) is 0. The standard InChI is InChI=1S/C12H9BrO2/c1-8-6-15-7-11(8)12(14)9-3-2-4-10(13)5-9/h2-7H,1H3. The molecule has 0 bridgehead atoms. The lowest BCUT2D eigenvalue weighted by Gasteiger charge is -1.99. The topological polar surface area (TPSA) is 30.2 Å². The van der Waals surface area contributed by atoms with Gasteiger partial charge in [0.1, 0.15) is 6.26 Å². The Morgan fingerprint density at radius 3 is 2.73 bits per heavy atom. The Bertz CT molecular complexity index is 500. The number of rotatable bonds is 2. The Balaban J connectivity index is 2.41. The Morgan fingerprint density at radius 1 is 1.33 bits per heavy atom. The second-order valence-electron chi connectivity index (χ2n) is 3.31. The fraction of sp³-hybridized carbons (Fsp3) is 0.0833. The van der Waals surface area contributed by atoms with Crippen molar-refractivity contribution in [2.75, 3.05) is 0 Å². The van der Waals surface area contributed by atoms with E-state index < -0.39 is 0 Å². The number of hydrogen-bond acceptors (Lipinski definition) is 2. The molecule has 0 aliphatic carbocycles. The Morgan fingerprint density at radius 2 is 2.13 bits per heavy atom. The largest absolute Gasteiger partial charge is 0.472 e. The second-order valence-corrected chi connectivity index (χ2v) is 4.22. The van der Waals surface area contributed by atoms with Gasteiger partial charge in [0.2, 0.25) is 0 Å². The predicted molar refractivity (Wildman–Crippen MR) is 61.0 cm³/mol. The maximum absolute atomic E-state index is 12.0. The highest BCUT2D eigenvalue weighted by Crippen LogP contribution is 2.18. The molecule has 0 saturated carbocycles. The van der Waals surface area contributed by atoms with Gasteiger partial charge in [0.25, 0.3) is 0 Å². The molecule has 0 amide bonds. The highest BCUT2D eigenvalue weighted by atomic mass is 79.9. The first kappa shape index (κ1) is 10.2. The fourth-order valence-electron chi connectivity index (χ4n) is 1.38. The minimum atomic E-state index is -0.0115. The first-order valence-corrected chi connectivity index (χ1v) is 5.31. The summed E-state index contributed by atoms with van der Waals surface area (Å²) in [6.07, 6.45) is 3.06. The first-order valence-electron chi connectivity index (χ1n) is 4.51. The van der Waals surface area contributed by atoms with Gasteiger partial charge in [-0.1, -0.05) is 28.1 Å². The molecule has 0 spiro atoms. The molecule has 0 N–H and O–H groups in total. The van der Waals surface area contributed by atoms with Gasteiger partial charge >= 0.3 is 0 Å². The molecule has 0 radical (unpaired) electrons. The normalized spacial score (nSPS) is 10.3. The molecule has 1 aromatic heterocycles. The van der Waals surface area contributed by atoms with E-state index in [2.05, 4.69) is 15.9 Å². The van der Waals surface area contributed by atoms with Crippen molar-refractivity contribution in [3.05, 3.63) is 58.0 Å². The van der Waals surface area contributed by atoms with Gasteiger partial charge in [0.05, 0.1) is 11.8 Å². The van der Waals surface area contributed by atoms with Gasteiger partial charge in [-0.15, -0.1) is 0 Å². The summed E-state index contributed by atoms with van der Waals surface area (Å²) in [5.41, 5.74) is 2.14. The molecule has 2 rings (SSSR count). The smallest absolute Gasteiger partial charge is 0.196 e. The van der Waals surface area contributed by atoms with Crippen molar-refractivity contribution in [3.63, 3.8) is 0 Å². The molecule has 0 unspecified atom stereocenters. The zero-order valence-electron chi connectivity index (χ0n) is 8.16. The molecule has 76 valence electrons. The molecular formula is C12H9BrO2. The van der Waals surface area contributed by atoms with Gasteiger partial charge in [0.15, 0.2) is 5.78 Å². The SMILES string of the molecule is Cc1cocc1C(=O)c1cccc(Br)c1. The van der Waals surface area contributed by atoms with E-state index in [0.29, 0.717) is 11.1 Å². The number of carbonyl (C=O) groups excluding carboxylic acids is 1. The highest BCUT2D eigenvalue weighted by Gasteiger charge is 2.13. The summed E-state index contributed by atoms with van der Waals surface area (Å²) < 4.78 is 5.88. The molecule has 15 heavy (non-hydrogen) atoms. The lowest BCUT2D eigenvalue weighted by molar-refractivity contribution is 0.103. The van der Waals surface area contributed by atoms with E-state index in [9.17, 15) is 4.79 Å².